The average Bonchev–Trinajstić information content (AvgIpc) is 3.10. The minimum absolute atomic E-state index is 0.111. The third-order valence-electron chi connectivity index (χ3n) is 3.92. The van der Waals surface area contributed by atoms with Gasteiger partial charge in [0.05, 0.1) is 4.90 Å². The number of sulfonamides is 1. The first-order valence-electron chi connectivity index (χ1n) is 6.99. The van der Waals surface area contributed by atoms with Gasteiger partial charge < -0.3 is 4.90 Å². The molecule has 108 valence electrons. The molecule has 0 atom stereocenters. The van der Waals surface area contributed by atoms with Crippen molar-refractivity contribution in [3.8, 4) is 0 Å². The summed E-state index contributed by atoms with van der Waals surface area (Å²) < 4.78 is 26.3. The lowest BCUT2D eigenvalue weighted by molar-refractivity contribution is -0.117. The third kappa shape index (κ3) is 2.33. The second-order valence-electron chi connectivity index (χ2n) is 5.25. The normalized spacial score (nSPS) is 20.8. The molecule has 0 aliphatic carbocycles. The van der Waals surface area contributed by atoms with Gasteiger partial charge in [-0.2, -0.15) is 4.31 Å². The summed E-state index contributed by atoms with van der Waals surface area (Å²) in [6, 6.07) is 6.67. The molecule has 2 fully saturated rings. The van der Waals surface area contributed by atoms with Gasteiger partial charge in [0, 0.05) is 31.7 Å². The van der Waals surface area contributed by atoms with Crippen LogP contribution in [-0.2, 0) is 14.8 Å². The van der Waals surface area contributed by atoms with Gasteiger partial charge in [-0.25, -0.2) is 8.42 Å². The molecule has 0 spiro atoms. The summed E-state index contributed by atoms with van der Waals surface area (Å²) in [5.74, 6) is 0.111. The first kappa shape index (κ1) is 13.6. The fraction of sp³-hybridized carbons (Fsp3) is 0.500. The number of hydrogen-bond acceptors (Lipinski definition) is 3. The zero-order valence-corrected chi connectivity index (χ0v) is 12.1. The van der Waals surface area contributed by atoms with Crippen molar-refractivity contribution in [2.75, 3.05) is 24.5 Å². The van der Waals surface area contributed by atoms with Gasteiger partial charge in [0.1, 0.15) is 0 Å². The Kier molecular flexibility index (Phi) is 3.52. The summed E-state index contributed by atoms with van der Waals surface area (Å²) in [4.78, 5) is 13.7. The molecule has 0 radical (unpaired) electrons. The molecule has 0 saturated carbocycles. The van der Waals surface area contributed by atoms with Gasteiger partial charge in [-0.05, 0) is 43.5 Å². The molecule has 0 bridgehead atoms. The Labute approximate surface area is 119 Å². The number of benzene rings is 1. The molecular formula is C14H18N2O3S. The quantitative estimate of drug-likeness (QED) is 0.851. The molecule has 6 heteroatoms. The lowest BCUT2D eigenvalue weighted by Crippen LogP contribution is -2.28. The van der Waals surface area contributed by atoms with Crippen LogP contribution in [0.2, 0.25) is 0 Å². The standard InChI is InChI=1S/C14H18N2O3S/c17-14-4-3-11-16(14)12-5-7-13(8-6-12)20(18,19)15-9-1-2-10-15/h5-8H,1-4,9-11H2. The van der Waals surface area contributed by atoms with Gasteiger partial charge in [0.25, 0.3) is 0 Å². The Morgan fingerprint density at radius 2 is 1.55 bits per heavy atom. The summed E-state index contributed by atoms with van der Waals surface area (Å²) in [5, 5.41) is 0. The summed E-state index contributed by atoms with van der Waals surface area (Å²) >= 11 is 0. The van der Waals surface area contributed by atoms with Crippen LogP contribution in [0.3, 0.4) is 0 Å². The first-order valence-corrected chi connectivity index (χ1v) is 8.44. The zero-order valence-electron chi connectivity index (χ0n) is 11.3. The van der Waals surface area contributed by atoms with Crippen LogP contribution in [0.5, 0.6) is 0 Å². The molecule has 2 saturated heterocycles. The van der Waals surface area contributed by atoms with E-state index in [4.69, 9.17) is 0 Å². The van der Waals surface area contributed by atoms with E-state index in [1.165, 1.54) is 4.31 Å². The number of carbonyl (C=O) groups excluding carboxylic acids is 1. The van der Waals surface area contributed by atoms with Gasteiger partial charge in [-0.15, -0.1) is 0 Å². The van der Waals surface area contributed by atoms with Crippen LogP contribution in [0.25, 0.3) is 0 Å². The van der Waals surface area contributed by atoms with E-state index in [1.807, 2.05) is 0 Å². The smallest absolute Gasteiger partial charge is 0.243 e. The van der Waals surface area contributed by atoms with Crippen LogP contribution in [0.4, 0.5) is 5.69 Å². The monoisotopic (exact) mass is 294 g/mol. The molecular weight excluding hydrogens is 276 g/mol. The van der Waals surface area contributed by atoms with Gasteiger partial charge >= 0.3 is 0 Å². The maximum absolute atomic E-state index is 12.4. The van der Waals surface area contributed by atoms with E-state index in [0.29, 0.717) is 24.4 Å². The molecule has 1 amide bonds. The second-order valence-corrected chi connectivity index (χ2v) is 7.19. The number of rotatable bonds is 3. The Bertz CT molecular complexity index is 604. The van der Waals surface area contributed by atoms with Crippen LogP contribution in [0, 0.1) is 0 Å². The van der Waals surface area contributed by atoms with E-state index in [-0.39, 0.29) is 5.91 Å². The van der Waals surface area contributed by atoms with E-state index in [1.54, 1.807) is 29.2 Å². The molecule has 2 aliphatic heterocycles. The summed E-state index contributed by atoms with van der Waals surface area (Å²) in [5.41, 5.74) is 0.785. The molecule has 1 aromatic carbocycles. The Hall–Kier alpha value is -1.40. The lowest BCUT2D eigenvalue weighted by Gasteiger charge is -2.18. The number of nitrogens with zero attached hydrogens (tertiary/aromatic N) is 2. The first-order chi connectivity index (χ1) is 9.59. The van der Waals surface area contributed by atoms with Crippen molar-refractivity contribution in [3.63, 3.8) is 0 Å². The SMILES string of the molecule is O=C1CCCN1c1ccc(S(=O)(=O)N2CCCC2)cc1. The Balaban J connectivity index is 1.84. The highest BCUT2D eigenvalue weighted by atomic mass is 32.2. The van der Waals surface area contributed by atoms with Gasteiger partial charge in [-0.1, -0.05) is 0 Å². The van der Waals surface area contributed by atoms with E-state index in [2.05, 4.69) is 0 Å². The van der Waals surface area contributed by atoms with Crippen molar-refractivity contribution in [3.05, 3.63) is 24.3 Å². The van der Waals surface area contributed by atoms with Crippen molar-refractivity contribution in [2.45, 2.75) is 30.6 Å². The highest BCUT2D eigenvalue weighted by Crippen LogP contribution is 2.25. The number of amides is 1. The summed E-state index contributed by atoms with van der Waals surface area (Å²) in [6.07, 6.45) is 3.31. The lowest BCUT2D eigenvalue weighted by atomic mass is 10.3. The summed E-state index contributed by atoms with van der Waals surface area (Å²) in [6.45, 7) is 1.93. The predicted octanol–water partition coefficient (Wildman–Crippen LogP) is 1.60. The fourth-order valence-electron chi connectivity index (χ4n) is 2.80. The van der Waals surface area contributed by atoms with E-state index >= 15 is 0 Å². The molecule has 0 N–H and O–H groups in total. The molecule has 1 aromatic rings. The number of carbonyl (C=O) groups is 1. The van der Waals surface area contributed by atoms with Crippen molar-refractivity contribution in [1.29, 1.82) is 0 Å². The molecule has 3 rings (SSSR count). The third-order valence-corrected chi connectivity index (χ3v) is 5.84. The van der Waals surface area contributed by atoms with Crippen molar-refractivity contribution in [2.24, 2.45) is 0 Å². The van der Waals surface area contributed by atoms with Crippen molar-refractivity contribution >= 4 is 21.6 Å². The van der Waals surface area contributed by atoms with Crippen molar-refractivity contribution in [1.82, 2.24) is 4.31 Å². The Morgan fingerprint density at radius 1 is 0.900 bits per heavy atom. The number of anilines is 1. The maximum atomic E-state index is 12.4. The van der Waals surface area contributed by atoms with Crippen LogP contribution < -0.4 is 4.90 Å². The maximum Gasteiger partial charge on any atom is 0.243 e. The second kappa shape index (κ2) is 5.18. The van der Waals surface area contributed by atoms with E-state index in [0.717, 1.165) is 31.5 Å². The largest absolute Gasteiger partial charge is 0.312 e. The van der Waals surface area contributed by atoms with Gasteiger partial charge in [0.15, 0.2) is 0 Å². The summed E-state index contributed by atoms with van der Waals surface area (Å²) in [7, 11) is -3.36. The molecule has 2 heterocycles. The molecule has 0 aromatic heterocycles. The van der Waals surface area contributed by atoms with Crippen LogP contribution in [-0.4, -0.2) is 38.3 Å². The van der Waals surface area contributed by atoms with Gasteiger partial charge in [0.2, 0.25) is 15.9 Å². The Morgan fingerprint density at radius 3 is 2.10 bits per heavy atom. The fourth-order valence-corrected chi connectivity index (χ4v) is 4.31. The minimum Gasteiger partial charge on any atom is -0.312 e. The topological polar surface area (TPSA) is 57.7 Å². The van der Waals surface area contributed by atoms with Crippen LogP contribution in [0.15, 0.2) is 29.2 Å². The average molecular weight is 294 g/mol. The van der Waals surface area contributed by atoms with Crippen LogP contribution >= 0.6 is 0 Å². The minimum atomic E-state index is -3.36. The molecule has 5 nitrogen and oxygen atoms in total. The van der Waals surface area contributed by atoms with E-state index < -0.39 is 10.0 Å². The highest BCUT2D eigenvalue weighted by molar-refractivity contribution is 7.89. The highest BCUT2D eigenvalue weighted by Gasteiger charge is 2.27. The number of hydrogen-bond donors (Lipinski definition) is 0. The van der Waals surface area contributed by atoms with E-state index in [9.17, 15) is 13.2 Å². The molecule has 2 aliphatic rings. The van der Waals surface area contributed by atoms with Crippen molar-refractivity contribution < 1.29 is 13.2 Å². The van der Waals surface area contributed by atoms with Gasteiger partial charge in [-0.3, -0.25) is 4.79 Å². The molecule has 20 heavy (non-hydrogen) atoms. The molecule has 0 unspecified atom stereocenters. The van der Waals surface area contributed by atoms with Crippen LogP contribution in [0.1, 0.15) is 25.7 Å². The zero-order chi connectivity index (χ0) is 14.2. The predicted molar refractivity (Wildman–Crippen MR) is 76.0 cm³/mol.